The third-order valence-corrected chi connectivity index (χ3v) is 10.3. The molecule has 10 aromatic rings. The van der Waals surface area contributed by atoms with Crippen molar-refractivity contribution in [3.8, 4) is 61.7 Å². The Hall–Kier alpha value is -7.10. The van der Waals surface area contributed by atoms with E-state index in [1.807, 2.05) is 12.1 Å². The molecule has 0 unspecified atom stereocenters. The summed E-state index contributed by atoms with van der Waals surface area (Å²) in [4.78, 5) is 10.1. The Kier molecular flexibility index (Phi) is 7.47. The van der Waals surface area contributed by atoms with Crippen LogP contribution in [0.1, 0.15) is 0 Å². The van der Waals surface area contributed by atoms with E-state index in [-0.39, 0.29) is 0 Å². The van der Waals surface area contributed by atoms with Crippen LogP contribution in [0.5, 0.6) is 0 Å². The lowest BCUT2D eigenvalue weighted by atomic mass is 9.98. The van der Waals surface area contributed by atoms with Crippen molar-refractivity contribution in [1.82, 2.24) is 14.5 Å². The molecule has 0 N–H and O–H groups in total. The average molecular weight is 676 g/mol. The normalized spacial score (nSPS) is 11.4. The van der Waals surface area contributed by atoms with Crippen LogP contribution in [0.3, 0.4) is 0 Å². The number of aromatic nitrogens is 3. The highest BCUT2D eigenvalue weighted by molar-refractivity contribution is 6.09. The molecule has 0 saturated heterocycles. The number of para-hydroxylation sites is 3. The molecule has 0 fully saturated rings. The zero-order valence-corrected chi connectivity index (χ0v) is 28.9. The van der Waals surface area contributed by atoms with Crippen LogP contribution < -0.4 is 0 Å². The second kappa shape index (κ2) is 12.9. The van der Waals surface area contributed by atoms with E-state index in [4.69, 9.17) is 9.97 Å². The number of hydrogen-bond acceptors (Lipinski definition) is 2. The lowest BCUT2D eigenvalue weighted by molar-refractivity contribution is 1.18. The zero-order chi connectivity index (χ0) is 35.1. The van der Waals surface area contributed by atoms with Crippen molar-refractivity contribution >= 4 is 32.7 Å². The molecule has 0 spiro atoms. The van der Waals surface area contributed by atoms with Gasteiger partial charge in [-0.2, -0.15) is 0 Å². The molecule has 0 aliphatic carbocycles. The summed E-state index contributed by atoms with van der Waals surface area (Å²) >= 11 is 0. The van der Waals surface area contributed by atoms with Crippen LogP contribution in [-0.4, -0.2) is 14.5 Å². The molecule has 0 bridgehead atoms. The number of rotatable bonds is 6. The van der Waals surface area contributed by atoms with Crippen LogP contribution in [0.25, 0.3) is 94.4 Å². The Morgan fingerprint density at radius 2 is 0.679 bits per heavy atom. The molecular weight excluding hydrogens is 643 g/mol. The fraction of sp³-hybridized carbons (Fsp3) is 0. The molecule has 53 heavy (non-hydrogen) atoms. The molecule has 10 rings (SSSR count). The van der Waals surface area contributed by atoms with Gasteiger partial charge in [0, 0.05) is 33.0 Å². The van der Waals surface area contributed by atoms with Crippen LogP contribution >= 0.6 is 0 Å². The van der Waals surface area contributed by atoms with Gasteiger partial charge in [0.1, 0.15) is 0 Å². The first-order valence-corrected chi connectivity index (χ1v) is 18.0. The molecule has 3 heteroatoms. The first kappa shape index (κ1) is 30.7. The molecule has 0 saturated carbocycles. The maximum Gasteiger partial charge on any atom is 0.160 e. The van der Waals surface area contributed by atoms with Crippen molar-refractivity contribution in [2.75, 3.05) is 0 Å². The lowest BCUT2D eigenvalue weighted by Crippen LogP contribution is -1.95. The first-order valence-electron chi connectivity index (χ1n) is 18.0. The summed E-state index contributed by atoms with van der Waals surface area (Å²) in [6, 6.07) is 71.0. The van der Waals surface area contributed by atoms with Crippen molar-refractivity contribution in [2.45, 2.75) is 0 Å². The van der Waals surface area contributed by atoms with Gasteiger partial charge in [0.25, 0.3) is 0 Å². The van der Waals surface area contributed by atoms with Gasteiger partial charge in [0.15, 0.2) is 5.82 Å². The SMILES string of the molecule is c1ccc(-c2ccc(-c3nc(-c4ccc(-c5ccc(-c6ccc(-n7c8ccccc8c8ccccc87)cc6)cc5)cc4)c4ccccc4n3)cc2)cc1. The van der Waals surface area contributed by atoms with E-state index in [1.165, 1.54) is 49.6 Å². The fourth-order valence-corrected chi connectivity index (χ4v) is 7.55. The molecule has 0 aliphatic rings. The van der Waals surface area contributed by atoms with Gasteiger partial charge < -0.3 is 4.57 Å². The van der Waals surface area contributed by atoms with Gasteiger partial charge in [-0.15, -0.1) is 0 Å². The van der Waals surface area contributed by atoms with Gasteiger partial charge >= 0.3 is 0 Å². The van der Waals surface area contributed by atoms with Crippen molar-refractivity contribution in [1.29, 1.82) is 0 Å². The lowest BCUT2D eigenvalue weighted by Gasteiger charge is -2.11. The van der Waals surface area contributed by atoms with Crippen LogP contribution in [0.15, 0.2) is 200 Å². The van der Waals surface area contributed by atoms with E-state index in [1.54, 1.807) is 0 Å². The van der Waals surface area contributed by atoms with Gasteiger partial charge in [-0.25, -0.2) is 9.97 Å². The largest absolute Gasteiger partial charge is 0.309 e. The minimum atomic E-state index is 0.723. The molecule has 3 nitrogen and oxygen atoms in total. The van der Waals surface area contributed by atoms with E-state index in [0.717, 1.165) is 44.8 Å². The summed E-state index contributed by atoms with van der Waals surface area (Å²) in [5.41, 5.74) is 14.6. The Morgan fingerprint density at radius 1 is 0.283 bits per heavy atom. The minimum absolute atomic E-state index is 0.723. The molecule has 248 valence electrons. The summed E-state index contributed by atoms with van der Waals surface area (Å²) < 4.78 is 2.36. The van der Waals surface area contributed by atoms with Crippen LogP contribution in [0.4, 0.5) is 0 Å². The molecule has 0 radical (unpaired) electrons. The molecule has 2 heterocycles. The van der Waals surface area contributed by atoms with Crippen LogP contribution in [0, 0.1) is 0 Å². The van der Waals surface area contributed by atoms with Gasteiger partial charge in [-0.3, -0.25) is 0 Å². The highest BCUT2D eigenvalue weighted by atomic mass is 15.0. The number of benzene rings is 8. The van der Waals surface area contributed by atoms with Gasteiger partial charge in [-0.1, -0.05) is 170 Å². The summed E-state index contributed by atoms with van der Waals surface area (Å²) in [5, 5.41) is 3.59. The molecule has 0 atom stereocenters. The van der Waals surface area contributed by atoms with E-state index < -0.39 is 0 Å². The second-order valence-corrected chi connectivity index (χ2v) is 13.4. The highest BCUT2D eigenvalue weighted by Gasteiger charge is 2.14. The van der Waals surface area contributed by atoms with Gasteiger partial charge in [-0.05, 0) is 63.7 Å². The Labute approximate surface area is 308 Å². The van der Waals surface area contributed by atoms with Crippen LogP contribution in [-0.2, 0) is 0 Å². The highest BCUT2D eigenvalue weighted by Crippen LogP contribution is 2.34. The van der Waals surface area contributed by atoms with E-state index in [9.17, 15) is 0 Å². The quantitative estimate of drug-likeness (QED) is 0.176. The predicted molar refractivity (Wildman–Crippen MR) is 221 cm³/mol. The molecule has 8 aromatic carbocycles. The average Bonchev–Trinajstić information content (AvgIpc) is 3.58. The summed E-state index contributed by atoms with van der Waals surface area (Å²) in [6.45, 7) is 0. The van der Waals surface area contributed by atoms with Gasteiger partial charge in [0.05, 0.1) is 22.2 Å². The predicted octanol–water partition coefficient (Wildman–Crippen LogP) is 13.1. The maximum absolute atomic E-state index is 5.13. The van der Waals surface area contributed by atoms with Crippen molar-refractivity contribution in [3.05, 3.63) is 200 Å². The van der Waals surface area contributed by atoms with E-state index in [0.29, 0.717) is 0 Å². The fourth-order valence-electron chi connectivity index (χ4n) is 7.55. The summed E-state index contributed by atoms with van der Waals surface area (Å²) in [5.74, 6) is 0.723. The molecule has 2 aromatic heterocycles. The Morgan fingerprint density at radius 3 is 1.23 bits per heavy atom. The van der Waals surface area contributed by atoms with Crippen molar-refractivity contribution in [3.63, 3.8) is 0 Å². The van der Waals surface area contributed by atoms with E-state index >= 15 is 0 Å². The standard InChI is InChI=1S/C50H33N3/c1-2-10-34(11-3-1)35-24-28-41(29-25-35)50-51-46-15-7-4-14-45(46)49(52-50)40-26-22-38(23-27-40)36-18-20-37(21-19-36)39-30-32-42(33-31-39)53-47-16-8-5-12-43(47)44-13-6-9-17-48(44)53/h1-33H. The number of fused-ring (bicyclic) bond motifs is 4. The molecule has 0 aliphatic heterocycles. The Bertz CT molecular complexity index is 2830. The van der Waals surface area contributed by atoms with Crippen molar-refractivity contribution < 1.29 is 0 Å². The second-order valence-electron chi connectivity index (χ2n) is 13.4. The topological polar surface area (TPSA) is 30.7 Å². The van der Waals surface area contributed by atoms with Crippen molar-refractivity contribution in [2.24, 2.45) is 0 Å². The smallest absolute Gasteiger partial charge is 0.160 e. The number of hydrogen-bond donors (Lipinski definition) is 0. The first-order chi connectivity index (χ1) is 26.3. The van der Waals surface area contributed by atoms with Gasteiger partial charge in [0.2, 0.25) is 0 Å². The third kappa shape index (κ3) is 5.56. The molecule has 0 amide bonds. The minimum Gasteiger partial charge on any atom is -0.309 e. The monoisotopic (exact) mass is 675 g/mol. The maximum atomic E-state index is 5.13. The number of nitrogens with zero attached hydrogens (tertiary/aromatic N) is 3. The molecular formula is C50H33N3. The summed E-state index contributed by atoms with van der Waals surface area (Å²) in [7, 11) is 0. The third-order valence-electron chi connectivity index (χ3n) is 10.3. The Balaban J connectivity index is 0.921. The van der Waals surface area contributed by atoms with E-state index in [2.05, 4.69) is 193 Å². The zero-order valence-electron chi connectivity index (χ0n) is 28.9. The summed E-state index contributed by atoms with van der Waals surface area (Å²) in [6.07, 6.45) is 0. The van der Waals surface area contributed by atoms with Crippen LogP contribution in [0.2, 0.25) is 0 Å².